The fourth-order valence-electron chi connectivity index (χ4n) is 1.27. The quantitative estimate of drug-likeness (QED) is 0.634. The van der Waals surface area contributed by atoms with Crippen molar-refractivity contribution < 1.29 is 0 Å². The van der Waals surface area contributed by atoms with Crippen LogP contribution in [0.5, 0.6) is 0 Å². The number of anilines is 1. The third-order valence-electron chi connectivity index (χ3n) is 1.94. The van der Waals surface area contributed by atoms with Crippen molar-refractivity contribution >= 4 is 39.1 Å². The Hall–Kier alpha value is -0.850. The predicted molar refractivity (Wildman–Crippen MR) is 67.1 cm³/mol. The van der Waals surface area contributed by atoms with Crippen LogP contribution in [0, 0.1) is 0 Å². The van der Waals surface area contributed by atoms with Crippen LogP contribution in [-0.4, -0.2) is 15.7 Å². The smallest absolute Gasteiger partial charge is 0.152 e. The lowest BCUT2D eigenvalue weighted by molar-refractivity contribution is 1.06. The minimum Gasteiger partial charge on any atom is -0.308 e. The maximum atomic E-state index is 5.43. The number of hydrogen-bond donors (Lipinski definition) is 2. The summed E-state index contributed by atoms with van der Waals surface area (Å²) in [6, 6.07) is 1.98. The van der Waals surface area contributed by atoms with Crippen molar-refractivity contribution in [2.45, 2.75) is 12.7 Å². The summed E-state index contributed by atoms with van der Waals surface area (Å²) in [4.78, 5) is 9.83. The van der Waals surface area contributed by atoms with Gasteiger partial charge in [-0.3, -0.25) is 0 Å². The number of fused-ring (bicyclic) bond motifs is 1. The first-order chi connectivity index (χ1) is 7.35. The molecule has 0 atom stereocenters. The third-order valence-corrected chi connectivity index (χ3v) is 3.62. The Labute approximate surface area is 96.3 Å². The van der Waals surface area contributed by atoms with Gasteiger partial charge in [0.25, 0.3) is 0 Å². The molecule has 0 spiro atoms. The van der Waals surface area contributed by atoms with E-state index in [9.17, 15) is 0 Å². The van der Waals surface area contributed by atoms with Crippen LogP contribution in [0.25, 0.3) is 10.2 Å². The Morgan fingerprint density at radius 1 is 1.53 bits per heavy atom. The fourth-order valence-corrected chi connectivity index (χ4v) is 2.57. The number of thiophene rings is 1. The molecule has 0 bridgehead atoms. The zero-order chi connectivity index (χ0) is 10.7. The van der Waals surface area contributed by atoms with Crippen molar-refractivity contribution in [3.8, 4) is 0 Å². The molecule has 0 aliphatic rings. The Morgan fingerprint density at radius 2 is 2.40 bits per heavy atom. The van der Waals surface area contributed by atoms with Crippen molar-refractivity contribution in [3.63, 3.8) is 0 Å². The summed E-state index contributed by atoms with van der Waals surface area (Å²) in [6.45, 7) is 2.12. The lowest BCUT2D eigenvalue weighted by atomic mass is 10.4. The highest BCUT2D eigenvalue weighted by Gasteiger charge is 2.07. The van der Waals surface area contributed by atoms with Crippen LogP contribution in [0.3, 0.4) is 0 Å². The summed E-state index contributed by atoms with van der Waals surface area (Å²) >= 11 is 3.41. The van der Waals surface area contributed by atoms with Crippen LogP contribution in [0.4, 0.5) is 5.82 Å². The molecule has 2 aromatic rings. The SMILES string of the molecule is CCSCc1nc(NN)c2ccsc2n1. The van der Waals surface area contributed by atoms with E-state index in [2.05, 4.69) is 22.3 Å². The highest BCUT2D eigenvalue weighted by molar-refractivity contribution is 7.98. The van der Waals surface area contributed by atoms with Crippen molar-refractivity contribution in [2.75, 3.05) is 11.2 Å². The molecule has 0 saturated carbocycles. The molecule has 15 heavy (non-hydrogen) atoms. The Morgan fingerprint density at radius 3 is 3.13 bits per heavy atom. The standard InChI is InChI=1S/C9H12N4S2/c1-2-14-5-7-11-8(13-10)6-3-4-15-9(6)12-7/h3-4H,2,5,10H2,1H3,(H,11,12,13). The molecular weight excluding hydrogens is 228 g/mol. The van der Waals surface area contributed by atoms with Crippen molar-refractivity contribution in [2.24, 2.45) is 5.84 Å². The number of hydrogen-bond acceptors (Lipinski definition) is 6. The van der Waals surface area contributed by atoms with Crippen LogP contribution in [0.2, 0.25) is 0 Å². The average molecular weight is 240 g/mol. The van der Waals surface area contributed by atoms with Gasteiger partial charge in [-0.25, -0.2) is 15.8 Å². The number of thioether (sulfide) groups is 1. The highest BCUT2D eigenvalue weighted by atomic mass is 32.2. The molecule has 0 aromatic carbocycles. The van der Waals surface area contributed by atoms with Gasteiger partial charge in [0.05, 0.1) is 11.1 Å². The molecule has 2 rings (SSSR count). The lowest BCUT2D eigenvalue weighted by Gasteiger charge is -2.04. The Balaban J connectivity index is 2.40. The van der Waals surface area contributed by atoms with Gasteiger partial charge in [0.1, 0.15) is 10.7 Å². The van der Waals surface area contributed by atoms with E-state index in [-0.39, 0.29) is 0 Å². The van der Waals surface area contributed by atoms with Gasteiger partial charge in [0.15, 0.2) is 5.82 Å². The number of nitrogens with zero attached hydrogens (tertiary/aromatic N) is 2. The van der Waals surface area contributed by atoms with Crippen LogP contribution in [-0.2, 0) is 5.75 Å². The van der Waals surface area contributed by atoms with Gasteiger partial charge in [-0.05, 0) is 17.2 Å². The van der Waals surface area contributed by atoms with Crippen LogP contribution in [0.15, 0.2) is 11.4 Å². The van der Waals surface area contributed by atoms with Crippen molar-refractivity contribution in [1.82, 2.24) is 9.97 Å². The van der Waals surface area contributed by atoms with E-state index in [1.807, 2.05) is 11.4 Å². The first-order valence-electron chi connectivity index (χ1n) is 4.63. The van der Waals surface area contributed by atoms with Crippen LogP contribution in [0.1, 0.15) is 12.7 Å². The molecule has 0 aliphatic carbocycles. The second-order valence-corrected chi connectivity index (χ2v) is 5.08. The molecule has 0 amide bonds. The van der Waals surface area contributed by atoms with Gasteiger partial charge in [0, 0.05) is 0 Å². The van der Waals surface area contributed by atoms with Gasteiger partial charge in [-0.1, -0.05) is 6.92 Å². The summed E-state index contributed by atoms with van der Waals surface area (Å²) in [5.41, 5.74) is 2.62. The Kier molecular flexibility index (Phi) is 3.40. The molecule has 6 heteroatoms. The lowest BCUT2D eigenvalue weighted by Crippen LogP contribution is -2.10. The normalized spacial score (nSPS) is 10.8. The van der Waals surface area contributed by atoms with Gasteiger partial charge < -0.3 is 5.43 Å². The molecule has 0 saturated heterocycles. The molecular formula is C9H12N4S2. The number of rotatable bonds is 4. The molecule has 0 radical (unpaired) electrons. The van der Waals surface area contributed by atoms with E-state index in [0.29, 0.717) is 5.82 Å². The molecule has 0 fully saturated rings. The molecule has 4 nitrogen and oxygen atoms in total. The van der Waals surface area contributed by atoms with Gasteiger partial charge >= 0.3 is 0 Å². The second-order valence-electron chi connectivity index (χ2n) is 2.91. The maximum Gasteiger partial charge on any atom is 0.152 e. The summed E-state index contributed by atoms with van der Waals surface area (Å²) in [5.74, 6) is 8.88. The van der Waals surface area contributed by atoms with E-state index in [1.54, 1.807) is 23.1 Å². The number of nitrogen functional groups attached to an aromatic ring is 1. The second kappa shape index (κ2) is 4.78. The van der Waals surface area contributed by atoms with E-state index in [4.69, 9.17) is 5.84 Å². The van der Waals surface area contributed by atoms with Crippen molar-refractivity contribution in [3.05, 3.63) is 17.3 Å². The largest absolute Gasteiger partial charge is 0.308 e. The summed E-state index contributed by atoms with van der Waals surface area (Å²) in [6.07, 6.45) is 0. The monoisotopic (exact) mass is 240 g/mol. The van der Waals surface area contributed by atoms with E-state index >= 15 is 0 Å². The zero-order valence-corrected chi connectivity index (χ0v) is 9.99. The van der Waals surface area contributed by atoms with Gasteiger partial charge in [0.2, 0.25) is 0 Å². The van der Waals surface area contributed by atoms with E-state index in [0.717, 1.165) is 27.5 Å². The van der Waals surface area contributed by atoms with E-state index < -0.39 is 0 Å². The zero-order valence-electron chi connectivity index (χ0n) is 8.36. The molecule has 0 aliphatic heterocycles. The third kappa shape index (κ3) is 2.22. The highest BCUT2D eigenvalue weighted by Crippen LogP contribution is 2.25. The van der Waals surface area contributed by atoms with Gasteiger partial charge in [-0.2, -0.15) is 11.8 Å². The summed E-state index contributed by atoms with van der Waals surface area (Å²) < 4.78 is 0. The Bertz CT molecular complexity index is 454. The first kappa shape index (κ1) is 10.7. The summed E-state index contributed by atoms with van der Waals surface area (Å²) in [7, 11) is 0. The van der Waals surface area contributed by atoms with E-state index in [1.165, 1.54) is 0 Å². The summed E-state index contributed by atoms with van der Waals surface area (Å²) in [5, 5.41) is 2.99. The van der Waals surface area contributed by atoms with Crippen LogP contribution < -0.4 is 11.3 Å². The number of hydrazine groups is 1. The molecule has 80 valence electrons. The average Bonchev–Trinajstić information content (AvgIpc) is 2.73. The fraction of sp³-hybridized carbons (Fsp3) is 0.333. The molecule has 2 heterocycles. The van der Waals surface area contributed by atoms with Crippen LogP contribution >= 0.6 is 23.1 Å². The topological polar surface area (TPSA) is 63.8 Å². The molecule has 2 aromatic heterocycles. The first-order valence-corrected chi connectivity index (χ1v) is 6.67. The number of aromatic nitrogens is 2. The van der Waals surface area contributed by atoms with Gasteiger partial charge in [-0.15, -0.1) is 11.3 Å². The minimum atomic E-state index is 0.716. The number of nitrogens with two attached hydrogens (primary N) is 1. The molecule has 0 unspecified atom stereocenters. The minimum absolute atomic E-state index is 0.716. The van der Waals surface area contributed by atoms with Crippen molar-refractivity contribution in [1.29, 1.82) is 0 Å². The number of nitrogens with one attached hydrogen (secondary N) is 1. The predicted octanol–water partition coefficient (Wildman–Crippen LogP) is 2.23. The molecule has 3 N–H and O–H groups in total. The maximum absolute atomic E-state index is 5.43.